The molecule has 22 heavy (non-hydrogen) atoms. The fourth-order valence-electron chi connectivity index (χ4n) is 3.01. The summed E-state index contributed by atoms with van der Waals surface area (Å²) in [5.41, 5.74) is 0. The summed E-state index contributed by atoms with van der Waals surface area (Å²) >= 11 is 0. The van der Waals surface area contributed by atoms with Crippen LogP contribution in [0.2, 0.25) is 0 Å². The smallest absolute Gasteiger partial charge is 0.262 e. The van der Waals surface area contributed by atoms with Gasteiger partial charge < -0.3 is 9.88 Å². The Morgan fingerprint density at radius 3 is 2.50 bits per heavy atom. The predicted octanol–water partition coefficient (Wildman–Crippen LogP) is 1.36. The van der Waals surface area contributed by atoms with E-state index < -0.39 is 10.0 Å². The van der Waals surface area contributed by atoms with Crippen molar-refractivity contribution in [2.24, 2.45) is 5.92 Å². The summed E-state index contributed by atoms with van der Waals surface area (Å²) in [6.45, 7) is 6.84. The molecule has 0 unspecified atom stereocenters. The number of nitrogens with zero attached hydrogens (tertiary/aromatic N) is 3. The first-order valence-electron chi connectivity index (χ1n) is 8.28. The van der Waals surface area contributed by atoms with Crippen LogP contribution in [-0.4, -0.2) is 48.0 Å². The molecule has 2 aliphatic rings. The van der Waals surface area contributed by atoms with Crippen LogP contribution in [0.1, 0.15) is 38.4 Å². The monoisotopic (exact) mass is 326 g/mol. The van der Waals surface area contributed by atoms with Gasteiger partial charge in [-0.25, -0.2) is 13.4 Å². The van der Waals surface area contributed by atoms with Crippen molar-refractivity contribution < 1.29 is 8.42 Å². The molecule has 1 aromatic heterocycles. The molecule has 1 N–H and O–H groups in total. The summed E-state index contributed by atoms with van der Waals surface area (Å²) in [6.07, 6.45) is 6.13. The number of aryl methyl sites for hydroxylation is 2. The van der Waals surface area contributed by atoms with Crippen molar-refractivity contribution in [3.05, 3.63) is 12.0 Å². The quantitative estimate of drug-likeness (QED) is 0.857. The summed E-state index contributed by atoms with van der Waals surface area (Å²) in [5, 5.41) is 3.77. The Morgan fingerprint density at radius 2 is 1.95 bits per heavy atom. The van der Waals surface area contributed by atoms with Gasteiger partial charge in [-0.2, -0.15) is 4.31 Å². The maximum atomic E-state index is 12.7. The molecule has 0 spiro atoms. The third kappa shape index (κ3) is 3.36. The second kappa shape index (κ2) is 6.29. The molecule has 6 nitrogen and oxygen atoms in total. The van der Waals surface area contributed by atoms with Gasteiger partial charge in [0.25, 0.3) is 10.0 Å². The van der Waals surface area contributed by atoms with Crippen molar-refractivity contribution in [3.63, 3.8) is 0 Å². The standard InChI is InChI=1S/C15H26N4O2S/c1-3-18-11-15(17-12(18)2)22(20,21)19-8-6-14(7-9-19)16-10-13-4-5-13/h11,13-14,16H,3-10H2,1-2H3. The number of rotatable bonds is 6. The van der Waals surface area contributed by atoms with Gasteiger partial charge >= 0.3 is 0 Å². The second-order valence-electron chi connectivity index (χ2n) is 6.44. The number of hydrogen-bond acceptors (Lipinski definition) is 4. The summed E-state index contributed by atoms with van der Waals surface area (Å²) in [6, 6.07) is 0.460. The lowest BCUT2D eigenvalue weighted by atomic mass is 10.1. The molecule has 1 aromatic rings. The Kier molecular flexibility index (Phi) is 4.56. The second-order valence-corrected chi connectivity index (χ2v) is 8.33. The van der Waals surface area contributed by atoms with Crippen LogP contribution in [0.25, 0.3) is 0 Å². The molecule has 7 heteroatoms. The maximum absolute atomic E-state index is 12.7. The molecule has 0 radical (unpaired) electrons. The van der Waals surface area contributed by atoms with E-state index in [1.807, 2.05) is 18.4 Å². The van der Waals surface area contributed by atoms with E-state index in [0.717, 1.165) is 37.7 Å². The fourth-order valence-corrected chi connectivity index (χ4v) is 4.48. The Labute approximate surface area is 133 Å². The van der Waals surface area contributed by atoms with Crippen molar-refractivity contribution in [1.82, 2.24) is 19.2 Å². The molecule has 3 rings (SSSR count). The first kappa shape index (κ1) is 16.0. The number of imidazole rings is 1. The minimum Gasteiger partial charge on any atom is -0.334 e. The molecule has 2 heterocycles. The normalized spacial score (nSPS) is 21.4. The number of hydrogen-bond donors (Lipinski definition) is 1. The van der Waals surface area contributed by atoms with Gasteiger partial charge in [0.15, 0.2) is 5.03 Å². The highest BCUT2D eigenvalue weighted by molar-refractivity contribution is 7.89. The van der Waals surface area contributed by atoms with Crippen LogP contribution in [0.4, 0.5) is 0 Å². The average Bonchev–Trinajstić information content (AvgIpc) is 3.26. The lowest BCUT2D eigenvalue weighted by Crippen LogP contribution is -2.45. The van der Waals surface area contributed by atoms with Crippen LogP contribution in [0.5, 0.6) is 0 Å². The minimum absolute atomic E-state index is 0.191. The van der Waals surface area contributed by atoms with Crippen LogP contribution in [0, 0.1) is 12.8 Å². The van der Waals surface area contributed by atoms with E-state index in [1.165, 1.54) is 12.8 Å². The predicted molar refractivity (Wildman–Crippen MR) is 85.1 cm³/mol. The zero-order valence-electron chi connectivity index (χ0n) is 13.5. The molecule has 0 amide bonds. The number of aromatic nitrogens is 2. The highest BCUT2D eigenvalue weighted by Gasteiger charge is 2.32. The zero-order valence-corrected chi connectivity index (χ0v) is 14.3. The van der Waals surface area contributed by atoms with Gasteiger partial charge in [-0.3, -0.25) is 0 Å². The van der Waals surface area contributed by atoms with Gasteiger partial charge in [-0.15, -0.1) is 0 Å². The molecule has 124 valence electrons. The summed E-state index contributed by atoms with van der Waals surface area (Å²) in [5.74, 6) is 1.62. The van der Waals surface area contributed by atoms with Crippen molar-refractivity contribution in [2.75, 3.05) is 19.6 Å². The van der Waals surface area contributed by atoms with Crippen molar-refractivity contribution in [3.8, 4) is 0 Å². The van der Waals surface area contributed by atoms with E-state index in [0.29, 0.717) is 19.1 Å². The highest BCUT2D eigenvalue weighted by atomic mass is 32.2. The third-order valence-electron chi connectivity index (χ3n) is 4.74. The van der Waals surface area contributed by atoms with Crippen molar-refractivity contribution in [1.29, 1.82) is 0 Å². The van der Waals surface area contributed by atoms with E-state index >= 15 is 0 Å². The van der Waals surface area contributed by atoms with E-state index in [2.05, 4.69) is 10.3 Å². The number of sulfonamides is 1. The zero-order chi connectivity index (χ0) is 15.7. The molecular weight excluding hydrogens is 300 g/mol. The Balaban J connectivity index is 1.60. The lowest BCUT2D eigenvalue weighted by Gasteiger charge is -2.31. The minimum atomic E-state index is -3.44. The Morgan fingerprint density at radius 1 is 1.27 bits per heavy atom. The SMILES string of the molecule is CCn1cc(S(=O)(=O)N2CCC(NCC3CC3)CC2)nc1C. The van der Waals surface area contributed by atoms with Crippen LogP contribution in [-0.2, 0) is 16.6 Å². The van der Waals surface area contributed by atoms with Crippen molar-refractivity contribution >= 4 is 10.0 Å². The van der Waals surface area contributed by atoms with Gasteiger partial charge in [0.05, 0.1) is 0 Å². The van der Waals surface area contributed by atoms with Crippen LogP contribution < -0.4 is 5.32 Å². The van der Waals surface area contributed by atoms with Crippen molar-refractivity contribution in [2.45, 2.75) is 57.1 Å². The molecule has 1 aliphatic carbocycles. The average molecular weight is 326 g/mol. The Hall–Kier alpha value is -0.920. The van der Waals surface area contributed by atoms with E-state index in [1.54, 1.807) is 10.5 Å². The molecule has 1 saturated carbocycles. The summed E-state index contributed by atoms with van der Waals surface area (Å²) < 4.78 is 28.8. The molecular formula is C15H26N4O2S. The van der Waals surface area contributed by atoms with Crippen LogP contribution in [0.15, 0.2) is 11.2 Å². The van der Waals surface area contributed by atoms with Gasteiger partial charge in [-0.05, 0) is 52.0 Å². The van der Waals surface area contributed by atoms with Crippen LogP contribution in [0.3, 0.4) is 0 Å². The summed E-state index contributed by atoms with van der Waals surface area (Å²) in [7, 11) is -3.44. The number of nitrogens with one attached hydrogen (secondary N) is 1. The molecule has 1 saturated heterocycles. The van der Waals surface area contributed by atoms with E-state index in [9.17, 15) is 8.42 Å². The topological polar surface area (TPSA) is 67.2 Å². The highest BCUT2D eigenvalue weighted by Crippen LogP contribution is 2.28. The molecule has 0 atom stereocenters. The lowest BCUT2D eigenvalue weighted by molar-refractivity contribution is 0.287. The third-order valence-corrected chi connectivity index (χ3v) is 6.52. The molecule has 1 aliphatic heterocycles. The molecule has 2 fully saturated rings. The molecule has 0 bridgehead atoms. The van der Waals surface area contributed by atoms with E-state index in [4.69, 9.17) is 0 Å². The van der Waals surface area contributed by atoms with Gasteiger partial charge in [0, 0.05) is 31.9 Å². The maximum Gasteiger partial charge on any atom is 0.262 e. The molecule has 0 aromatic carbocycles. The first-order valence-corrected chi connectivity index (χ1v) is 9.72. The largest absolute Gasteiger partial charge is 0.334 e. The first-order chi connectivity index (χ1) is 10.5. The van der Waals surface area contributed by atoms with Crippen LogP contribution >= 0.6 is 0 Å². The van der Waals surface area contributed by atoms with Gasteiger partial charge in [-0.1, -0.05) is 0 Å². The number of piperidine rings is 1. The fraction of sp³-hybridized carbons (Fsp3) is 0.800. The summed E-state index contributed by atoms with van der Waals surface area (Å²) in [4.78, 5) is 4.23. The van der Waals surface area contributed by atoms with Gasteiger partial charge in [0.1, 0.15) is 5.82 Å². The Bertz CT molecular complexity index is 613. The van der Waals surface area contributed by atoms with Gasteiger partial charge in [0.2, 0.25) is 0 Å². The van der Waals surface area contributed by atoms with E-state index in [-0.39, 0.29) is 5.03 Å².